The molecule has 1 aromatic rings. The molecule has 0 radical (unpaired) electrons. The van der Waals surface area contributed by atoms with Crippen molar-refractivity contribution in [2.45, 2.75) is 25.8 Å². The van der Waals surface area contributed by atoms with Crippen LogP contribution in [-0.4, -0.2) is 23.0 Å². The lowest BCUT2D eigenvalue weighted by atomic mass is 10.0. The number of rotatable bonds is 3. The molecule has 0 bridgehead atoms. The van der Waals surface area contributed by atoms with Gasteiger partial charge in [-0.3, -0.25) is 4.90 Å². The third-order valence-electron chi connectivity index (χ3n) is 3.55. The van der Waals surface area contributed by atoms with Gasteiger partial charge in [0.1, 0.15) is 0 Å². The second-order valence-corrected chi connectivity index (χ2v) is 5.93. The normalized spacial score (nSPS) is 27.3. The molecule has 82 valence electrons. The molecule has 0 spiro atoms. The summed E-state index contributed by atoms with van der Waals surface area (Å²) in [5.41, 5.74) is 5.63. The highest BCUT2D eigenvalue weighted by Crippen LogP contribution is 2.41. The maximum atomic E-state index is 5.63. The zero-order valence-electron chi connectivity index (χ0n) is 8.85. The molecule has 2 N–H and O–H groups in total. The number of hydrogen-bond acceptors (Lipinski definition) is 4. The molecule has 1 atom stereocenters. The van der Waals surface area contributed by atoms with Gasteiger partial charge in [-0.25, -0.2) is 4.98 Å². The summed E-state index contributed by atoms with van der Waals surface area (Å²) >= 11 is 1.62. The Morgan fingerprint density at radius 2 is 2.27 bits per heavy atom. The van der Waals surface area contributed by atoms with Gasteiger partial charge in [0, 0.05) is 24.2 Å². The highest BCUT2D eigenvalue weighted by molar-refractivity contribution is 7.15. The minimum Gasteiger partial charge on any atom is -0.375 e. The Morgan fingerprint density at radius 1 is 1.40 bits per heavy atom. The van der Waals surface area contributed by atoms with Gasteiger partial charge < -0.3 is 5.73 Å². The third kappa shape index (κ3) is 2.16. The second-order valence-electron chi connectivity index (χ2n) is 4.79. The Balaban J connectivity index is 1.56. The van der Waals surface area contributed by atoms with Crippen LogP contribution in [0.15, 0.2) is 6.20 Å². The van der Waals surface area contributed by atoms with E-state index < -0.39 is 0 Å². The van der Waals surface area contributed by atoms with Crippen LogP contribution in [0.25, 0.3) is 0 Å². The summed E-state index contributed by atoms with van der Waals surface area (Å²) in [6, 6.07) is 0. The van der Waals surface area contributed by atoms with Crippen LogP contribution in [0.3, 0.4) is 0 Å². The van der Waals surface area contributed by atoms with Crippen LogP contribution in [0.2, 0.25) is 0 Å². The van der Waals surface area contributed by atoms with Gasteiger partial charge >= 0.3 is 0 Å². The first-order valence-corrected chi connectivity index (χ1v) is 6.55. The molecule has 1 aliphatic heterocycles. The van der Waals surface area contributed by atoms with Gasteiger partial charge in [0.15, 0.2) is 5.13 Å². The number of aromatic nitrogens is 1. The van der Waals surface area contributed by atoms with Gasteiger partial charge in [-0.2, -0.15) is 0 Å². The largest absolute Gasteiger partial charge is 0.375 e. The standard InChI is InChI=1S/C11H17N3S/c12-11-13-5-10(15-11)7-14-4-3-9(6-14)8-1-2-8/h5,8-9H,1-4,6-7H2,(H2,12,13). The molecule has 1 aromatic heterocycles. The molecule has 2 aliphatic rings. The van der Waals surface area contributed by atoms with Gasteiger partial charge in [-0.05, 0) is 37.6 Å². The number of nitrogens with two attached hydrogens (primary N) is 1. The Labute approximate surface area is 94.3 Å². The monoisotopic (exact) mass is 223 g/mol. The van der Waals surface area contributed by atoms with Gasteiger partial charge in [0.25, 0.3) is 0 Å². The summed E-state index contributed by atoms with van der Waals surface area (Å²) in [5, 5.41) is 0.697. The molecule has 1 saturated carbocycles. The number of thiazole rings is 1. The third-order valence-corrected chi connectivity index (χ3v) is 4.36. The summed E-state index contributed by atoms with van der Waals surface area (Å²) in [6.07, 6.45) is 6.28. The van der Waals surface area contributed by atoms with Crippen molar-refractivity contribution in [1.82, 2.24) is 9.88 Å². The molecule has 2 heterocycles. The van der Waals surface area contributed by atoms with Crippen LogP contribution in [0, 0.1) is 11.8 Å². The van der Waals surface area contributed by atoms with E-state index in [1.165, 1.54) is 37.2 Å². The molecule has 1 unspecified atom stereocenters. The van der Waals surface area contributed by atoms with E-state index in [1.807, 2.05) is 6.20 Å². The summed E-state index contributed by atoms with van der Waals surface area (Å²) < 4.78 is 0. The van der Waals surface area contributed by atoms with Crippen LogP contribution < -0.4 is 5.73 Å². The maximum absolute atomic E-state index is 5.63. The molecule has 3 rings (SSSR count). The highest BCUT2D eigenvalue weighted by atomic mass is 32.1. The average Bonchev–Trinajstić information content (AvgIpc) is 2.84. The lowest BCUT2D eigenvalue weighted by Gasteiger charge is -2.14. The number of anilines is 1. The predicted molar refractivity (Wildman–Crippen MR) is 62.6 cm³/mol. The van der Waals surface area contributed by atoms with Gasteiger partial charge in [-0.1, -0.05) is 0 Å². The topological polar surface area (TPSA) is 42.1 Å². The van der Waals surface area contributed by atoms with Crippen LogP contribution in [0.4, 0.5) is 5.13 Å². The van der Waals surface area contributed by atoms with Crippen molar-refractivity contribution in [2.24, 2.45) is 11.8 Å². The van der Waals surface area contributed by atoms with Crippen molar-refractivity contribution in [1.29, 1.82) is 0 Å². The fraction of sp³-hybridized carbons (Fsp3) is 0.727. The maximum Gasteiger partial charge on any atom is 0.180 e. The van der Waals surface area contributed by atoms with E-state index in [1.54, 1.807) is 11.3 Å². The van der Waals surface area contributed by atoms with Crippen molar-refractivity contribution < 1.29 is 0 Å². The van der Waals surface area contributed by atoms with Crippen molar-refractivity contribution in [3.8, 4) is 0 Å². The van der Waals surface area contributed by atoms with E-state index >= 15 is 0 Å². The van der Waals surface area contributed by atoms with E-state index in [0.717, 1.165) is 18.4 Å². The minimum atomic E-state index is 0.697. The lowest BCUT2D eigenvalue weighted by molar-refractivity contribution is 0.312. The van der Waals surface area contributed by atoms with Crippen LogP contribution >= 0.6 is 11.3 Å². The van der Waals surface area contributed by atoms with Crippen molar-refractivity contribution in [3.05, 3.63) is 11.1 Å². The van der Waals surface area contributed by atoms with E-state index in [-0.39, 0.29) is 0 Å². The second kappa shape index (κ2) is 3.76. The van der Waals surface area contributed by atoms with E-state index in [2.05, 4.69) is 9.88 Å². The van der Waals surface area contributed by atoms with Crippen LogP contribution in [0.5, 0.6) is 0 Å². The molecule has 2 fully saturated rings. The van der Waals surface area contributed by atoms with Crippen molar-refractivity contribution in [3.63, 3.8) is 0 Å². The molecule has 0 amide bonds. The zero-order chi connectivity index (χ0) is 10.3. The average molecular weight is 223 g/mol. The summed E-state index contributed by atoms with van der Waals surface area (Å²) in [7, 11) is 0. The zero-order valence-corrected chi connectivity index (χ0v) is 9.67. The fourth-order valence-corrected chi connectivity index (χ4v) is 3.30. The van der Waals surface area contributed by atoms with Gasteiger partial charge in [-0.15, -0.1) is 11.3 Å². The Bertz CT molecular complexity index is 345. The molecule has 3 nitrogen and oxygen atoms in total. The molecule has 0 aromatic carbocycles. The Kier molecular flexibility index (Phi) is 2.41. The minimum absolute atomic E-state index is 0.697. The summed E-state index contributed by atoms with van der Waals surface area (Å²) in [4.78, 5) is 7.96. The smallest absolute Gasteiger partial charge is 0.180 e. The molecule has 1 saturated heterocycles. The molecular formula is C11H17N3S. The van der Waals surface area contributed by atoms with E-state index in [9.17, 15) is 0 Å². The Morgan fingerprint density at radius 3 is 2.93 bits per heavy atom. The van der Waals surface area contributed by atoms with Crippen LogP contribution in [0.1, 0.15) is 24.1 Å². The fourth-order valence-electron chi connectivity index (χ4n) is 2.57. The summed E-state index contributed by atoms with van der Waals surface area (Å²) in [5.74, 6) is 2.04. The number of nitrogen functional groups attached to an aromatic ring is 1. The lowest BCUT2D eigenvalue weighted by Crippen LogP contribution is -2.19. The van der Waals surface area contributed by atoms with Crippen LogP contribution in [-0.2, 0) is 6.54 Å². The summed E-state index contributed by atoms with van der Waals surface area (Å²) in [6.45, 7) is 3.61. The number of likely N-dealkylation sites (tertiary alicyclic amines) is 1. The van der Waals surface area contributed by atoms with Gasteiger partial charge in [0.05, 0.1) is 0 Å². The molecule has 1 aliphatic carbocycles. The SMILES string of the molecule is Nc1ncc(CN2CCC(C3CC3)C2)s1. The van der Waals surface area contributed by atoms with E-state index in [4.69, 9.17) is 5.73 Å². The quantitative estimate of drug-likeness (QED) is 0.851. The molecule has 15 heavy (non-hydrogen) atoms. The Hall–Kier alpha value is -0.610. The first kappa shape index (κ1) is 9.60. The molecular weight excluding hydrogens is 206 g/mol. The first-order chi connectivity index (χ1) is 7.31. The van der Waals surface area contributed by atoms with Crippen molar-refractivity contribution >= 4 is 16.5 Å². The highest BCUT2D eigenvalue weighted by Gasteiger charge is 2.35. The van der Waals surface area contributed by atoms with E-state index in [0.29, 0.717) is 5.13 Å². The predicted octanol–water partition coefficient (Wildman–Crippen LogP) is 1.96. The van der Waals surface area contributed by atoms with Gasteiger partial charge in [0.2, 0.25) is 0 Å². The number of nitrogens with zero attached hydrogens (tertiary/aromatic N) is 2. The first-order valence-electron chi connectivity index (χ1n) is 5.74. The molecule has 4 heteroatoms. The van der Waals surface area contributed by atoms with Crippen molar-refractivity contribution in [2.75, 3.05) is 18.8 Å². The number of hydrogen-bond donors (Lipinski definition) is 1.